The zero-order chi connectivity index (χ0) is 15.9. The number of carbonyl (C=O) groups is 1. The van der Waals surface area contributed by atoms with E-state index in [1.165, 1.54) is 0 Å². The zero-order valence-electron chi connectivity index (χ0n) is 13.4. The molecule has 2 atom stereocenters. The molecule has 0 saturated carbocycles. The molecule has 1 aliphatic heterocycles. The highest BCUT2D eigenvalue weighted by Crippen LogP contribution is 2.12. The average molecular weight is 310 g/mol. The van der Waals surface area contributed by atoms with Crippen LogP contribution < -0.4 is 0 Å². The third-order valence-corrected chi connectivity index (χ3v) is 4.00. The van der Waals surface area contributed by atoms with Gasteiger partial charge in [0.05, 0.1) is 19.0 Å². The Morgan fingerprint density at radius 1 is 1.36 bits per heavy atom. The average Bonchev–Trinajstić information content (AvgIpc) is 3.06. The number of aromatic nitrogens is 2. The van der Waals surface area contributed by atoms with Crippen LogP contribution in [0.4, 0.5) is 0 Å². The molecule has 1 fully saturated rings. The van der Waals surface area contributed by atoms with Gasteiger partial charge in [-0.2, -0.15) is 0 Å². The minimum atomic E-state index is -0.466. The number of aliphatic hydroxyl groups excluding tert-OH is 1. The third kappa shape index (κ3) is 4.53. The van der Waals surface area contributed by atoms with E-state index in [1.54, 1.807) is 12.5 Å². The third-order valence-electron chi connectivity index (χ3n) is 4.00. The molecule has 1 aromatic rings. The quantitative estimate of drug-likeness (QED) is 0.767. The van der Waals surface area contributed by atoms with Crippen molar-refractivity contribution >= 4 is 5.91 Å². The van der Waals surface area contributed by atoms with E-state index in [4.69, 9.17) is 4.74 Å². The summed E-state index contributed by atoms with van der Waals surface area (Å²) in [6.07, 6.45) is 4.69. The van der Waals surface area contributed by atoms with Crippen LogP contribution in [0, 0.1) is 0 Å². The van der Waals surface area contributed by atoms with Gasteiger partial charge in [0.1, 0.15) is 6.04 Å². The minimum Gasteiger partial charge on any atom is -0.389 e. The first-order chi connectivity index (χ1) is 10.6. The van der Waals surface area contributed by atoms with Crippen molar-refractivity contribution in [2.45, 2.75) is 26.0 Å². The summed E-state index contributed by atoms with van der Waals surface area (Å²) in [5, 5.41) is 9.86. The number of nitrogens with zero attached hydrogens (tertiary/aromatic N) is 4. The number of carbonyl (C=O) groups excluding carboxylic acids is 1. The highest BCUT2D eigenvalue weighted by Gasteiger charge is 2.26. The van der Waals surface area contributed by atoms with Gasteiger partial charge in [0, 0.05) is 51.7 Å². The Morgan fingerprint density at radius 3 is 2.68 bits per heavy atom. The summed E-state index contributed by atoms with van der Waals surface area (Å²) >= 11 is 0. The van der Waals surface area contributed by atoms with Gasteiger partial charge in [-0.3, -0.25) is 9.69 Å². The maximum absolute atomic E-state index is 12.5. The number of amides is 1. The maximum atomic E-state index is 12.5. The largest absolute Gasteiger partial charge is 0.389 e. The van der Waals surface area contributed by atoms with Crippen LogP contribution in [0.2, 0.25) is 0 Å². The molecule has 0 spiro atoms. The summed E-state index contributed by atoms with van der Waals surface area (Å²) in [5.41, 5.74) is 0. The normalized spacial score (nSPS) is 19.1. The van der Waals surface area contributed by atoms with E-state index in [0.717, 1.165) is 13.1 Å². The molecule has 1 aliphatic rings. The van der Waals surface area contributed by atoms with Crippen molar-refractivity contribution in [1.29, 1.82) is 0 Å². The molecule has 1 aromatic heterocycles. The number of hydrogen-bond acceptors (Lipinski definition) is 5. The van der Waals surface area contributed by atoms with Gasteiger partial charge in [-0.15, -0.1) is 0 Å². The first-order valence-corrected chi connectivity index (χ1v) is 7.86. The summed E-state index contributed by atoms with van der Waals surface area (Å²) in [7, 11) is 0. The molecule has 7 heteroatoms. The van der Waals surface area contributed by atoms with Crippen molar-refractivity contribution in [1.82, 2.24) is 19.4 Å². The second-order valence-electron chi connectivity index (χ2n) is 5.63. The van der Waals surface area contributed by atoms with E-state index in [0.29, 0.717) is 32.8 Å². The molecule has 0 bridgehead atoms. The van der Waals surface area contributed by atoms with Gasteiger partial charge in [-0.05, 0) is 13.8 Å². The standard InChI is InChI=1S/C15H26N4O3/c1-3-22-11-14(20)10-17-6-8-18(9-7-17)15(21)13(2)19-5-4-16-12-19/h4-5,12-14,20H,3,6-11H2,1-2H3. The molecule has 2 rings (SSSR count). The Hall–Kier alpha value is -1.44. The summed E-state index contributed by atoms with van der Waals surface area (Å²) in [6.45, 7) is 8.34. The molecule has 1 saturated heterocycles. The van der Waals surface area contributed by atoms with Crippen LogP contribution in [0.15, 0.2) is 18.7 Å². The number of imidazole rings is 1. The number of ether oxygens (including phenoxy) is 1. The maximum Gasteiger partial charge on any atom is 0.245 e. The first kappa shape index (κ1) is 16.9. The van der Waals surface area contributed by atoms with E-state index in [9.17, 15) is 9.90 Å². The van der Waals surface area contributed by atoms with E-state index < -0.39 is 6.10 Å². The molecule has 7 nitrogen and oxygen atoms in total. The molecule has 1 N–H and O–H groups in total. The lowest BCUT2D eigenvalue weighted by molar-refractivity contribution is -0.136. The number of β-amino-alcohol motifs (C(OH)–C–C–N with tert-alkyl or cyclic N) is 1. The molecular formula is C15H26N4O3. The lowest BCUT2D eigenvalue weighted by Gasteiger charge is -2.36. The Kier molecular flexibility index (Phi) is 6.35. The summed E-state index contributed by atoms with van der Waals surface area (Å²) in [4.78, 5) is 20.5. The van der Waals surface area contributed by atoms with Crippen molar-refractivity contribution in [3.8, 4) is 0 Å². The SMILES string of the molecule is CCOCC(O)CN1CCN(C(=O)C(C)n2ccnc2)CC1. The van der Waals surface area contributed by atoms with Crippen LogP contribution in [0.1, 0.15) is 19.9 Å². The lowest BCUT2D eigenvalue weighted by atomic mass is 10.2. The van der Waals surface area contributed by atoms with Crippen LogP contribution in [0.5, 0.6) is 0 Å². The second-order valence-corrected chi connectivity index (χ2v) is 5.63. The van der Waals surface area contributed by atoms with Gasteiger partial charge in [-0.25, -0.2) is 4.98 Å². The Bertz CT molecular complexity index is 444. The van der Waals surface area contributed by atoms with E-state index in [1.807, 2.05) is 29.5 Å². The predicted octanol–water partition coefficient (Wildman–Crippen LogP) is -0.0143. The molecule has 22 heavy (non-hydrogen) atoms. The minimum absolute atomic E-state index is 0.118. The van der Waals surface area contributed by atoms with E-state index in [-0.39, 0.29) is 11.9 Å². The molecular weight excluding hydrogens is 284 g/mol. The fourth-order valence-electron chi connectivity index (χ4n) is 2.65. The fourth-order valence-corrected chi connectivity index (χ4v) is 2.65. The van der Waals surface area contributed by atoms with Crippen LogP contribution >= 0.6 is 0 Å². The van der Waals surface area contributed by atoms with E-state index in [2.05, 4.69) is 9.88 Å². The number of piperazine rings is 1. The van der Waals surface area contributed by atoms with Crippen molar-refractivity contribution in [3.63, 3.8) is 0 Å². The van der Waals surface area contributed by atoms with Crippen molar-refractivity contribution in [3.05, 3.63) is 18.7 Å². The van der Waals surface area contributed by atoms with Crippen molar-refractivity contribution in [2.24, 2.45) is 0 Å². The van der Waals surface area contributed by atoms with Crippen LogP contribution in [0.25, 0.3) is 0 Å². The van der Waals surface area contributed by atoms with Gasteiger partial charge in [-0.1, -0.05) is 0 Å². The molecule has 124 valence electrons. The van der Waals surface area contributed by atoms with Crippen LogP contribution in [0.3, 0.4) is 0 Å². The second kappa shape index (κ2) is 8.26. The zero-order valence-corrected chi connectivity index (χ0v) is 13.4. The highest BCUT2D eigenvalue weighted by molar-refractivity contribution is 5.80. The van der Waals surface area contributed by atoms with E-state index >= 15 is 0 Å². The molecule has 2 heterocycles. The monoisotopic (exact) mass is 310 g/mol. The van der Waals surface area contributed by atoms with Gasteiger partial charge in [0.2, 0.25) is 5.91 Å². The summed E-state index contributed by atoms with van der Waals surface area (Å²) < 4.78 is 7.04. The number of rotatable bonds is 7. The molecule has 0 radical (unpaired) electrons. The number of hydrogen-bond donors (Lipinski definition) is 1. The van der Waals surface area contributed by atoms with Gasteiger partial charge in [0.15, 0.2) is 0 Å². The molecule has 1 amide bonds. The Morgan fingerprint density at radius 2 is 2.09 bits per heavy atom. The van der Waals surface area contributed by atoms with Crippen molar-refractivity contribution < 1.29 is 14.6 Å². The molecule has 0 aliphatic carbocycles. The number of aliphatic hydroxyl groups is 1. The van der Waals surface area contributed by atoms with Gasteiger partial charge < -0.3 is 19.3 Å². The van der Waals surface area contributed by atoms with Crippen LogP contribution in [-0.4, -0.2) is 82.4 Å². The fraction of sp³-hybridized carbons (Fsp3) is 0.733. The Balaban J connectivity index is 1.76. The van der Waals surface area contributed by atoms with Crippen LogP contribution in [-0.2, 0) is 9.53 Å². The summed E-state index contributed by atoms with van der Waals surface area (Å²) in [5.74, 6) is 0.118. The van der Waals surface area contributed by atoms with Gasteiger partial charge >= 0.3 is 0 Å². The van der Waals surface area contributed by atoms with Crippen molar-refractivity contribution in [2.75, 3.05) is 45.9 Å². The molecule has 2 unspecified atom stereocenters. The summed E-state index contributed by atoms with van der Waals surface area (Å²) in [6, 6.07) is -0.224. The first-order valence-electron chi connectivity index (χ1n) is 7.86. The molecule has 0 aromatic carbocycles. The topological polar surface area (TPSA) is 70.8 Å². The highest BCUT2D eigenvalue weighted by atomic mass is 16.5. The predicted molar refractivity (Wildman–Crippen MR) is 82.5 cm³/mol. The Labute approximate surface area is 131 Å². The smallest absolute Gasteiger partial charge is 0.245 e. The lowest BCUT2D eigenvalue weighted by Crippen LogP contribution is -2.52. The van der Waals surface area contributed by atoms with Gasteiger partial charge in [0.25, 0.3) is 0 Å².